The number of benzene rings is 1. The first-order valence-corrected chi connectivity index (χ1v) is 6.16. The third-order valence-electron chi connectivity index (χ3n) is 3.05. The van der Waals surface area contributed by atoms with Crippen molar-refractivity contribution in [1.29, 1.82) is 0 Å². The zero-order valence-electron chi connectivity index (χ0n) is 10.3. The van der Waals surface area contributed by atoms with Crippen LogP contribution in [0.3, 0.4) is 0 Å². The van der Waals surface area contributed by atoms with Crippen LogP contribution in [0.5, 0.6) is 0 Å². The van der Waals surface area contributed by atoms with Crippen molar-refractivity contribution in [1.82, 2.24) is 15.0 Å². The summed E-state index contributed by atoms with van der Waals surface area (Å²) in [6, 6.07) is 5.73. The van der Waals surface area contributed by atoms with Crippen LogP contribution in [0, 0.1) is 6.92 Å². The lowest BCUT2D eigenvalue weighted by Gasteiger charge is -2.09. The van der Waals surface area contributed by atoms with E-state index in [1.807, 2.05) is 31.3 Å². The molecule has 2 heterocycles. The molecule has 1 aromatic carbocycles. The minimum absolute atomic E-state index is 0.234. The lowest BCUT2D eigenvalue weighted by molar-refractivity contribution is 1.23. The van der Waals surface area contributed by atoms with Crippen molar-refractivity contribution >= 4 is 28.5 Å². The highest BCUT2D eigenvalue weighted by molar-refractivity contribution is 6.35. The van der Waals surface area contributed by atoms with Crippen LogP contribution in [0.1, 0.15) is 5.56 Å². The van der Waals surface area contributed by atoms with Gasteiger partial charge in [-0.1, -0.05) is 17.7 Å². The summed E-state index contributed by atoms with van der Waals surface area (Å²) >= 11 is 6.17. The second-order valence-electron chi connectivity index (χ2n) is 4.28. The van der Waals surface area contributed by atoms with E-state index in [1.54, 1.807) is 12.4 Å². The van der Waals surface area contributed by atoms with Crippen LogP contribution in [-0.2, 0) is 0 Å². The number of nitrogens with two attached hydrogens (primary N) is 1. The first-order chi connectivity index (χ1) is 9.16. The van der Waals surface area contributed by atoms with Crippen LogP contribution < -0.4 is 5.73 Å². The molecule has 0 atom stereocenters. The number of anilines is 1. The molecule has 0 saturated carbocycles. The van der Waals surface area contributed by atoms with E-state index >= 15 is 0 Å². The molecule has 0 bridgehead atoms. The molecular formula is C14H11ClN4. The van der Waals surface area contributed by atoms with Crippen LogP contribution in [0.4, 0.5) is 5.95 Å². The number of nitrogens with zero attached hydrogens (tertiary/aromatic N) is 3. The molecule has 0 saturated heterocycles. The van der Waals surface area contributed by atoms with Gasteiger partial charge >= 0.3 is 0 Å². The minimum Gasteiger partial charge on any atom is -0.368 e. The summed E-state index contributed by atoms with van der Waals surface area (Å²) in [7, 11) is 0. The number of rotatable bonds is 1. The van der Waals surface area contributed by atoms with E-state index in [2.05, 4.69) is 15.0 Å². The minimum atomic E-state index is 0.234. The van der Waals surface area contributed by atoms with Crippen molar-refractivity contribution in [3.8, 4) is 11.1 Å². The molecule has 4 nitrogen and oxygen atoms in total. The van der Waals surface area contributed by atoms with Crippen molar-refractivity contribution in [3.63, 3.8) is 0 Å². The van der Waals surface area contributed by atoms with Gasteiger partial charge in [-0.3, -0.25) is 4.98 Å². The van der Waals surface area contributed by atoms with E-state index in [0.29, 0.717) is 5.02 Å². The van der Waals surface area contributed by atoms with Gasteiger partial charge in [0.05, 0.1) is 10.5 Å². The number of hydrogen-bond donors (Lipinski definition) is 1. The molecule has 0 aliphatic heterocycles. The van der Waals surface area contributed by atoms with E-state index < -0.39 is 0 Å². The van der Waals surface area contributed by atoms with Gasteiger partial charge in [-0.25, -0.2) is 9.97 Å². The smallest absolute Gasteiger partial charge is 0.220 e. The summed E-state index contributed by atoms with van der Waals surface area (Å²) in [5.74, 6) is 0.234. The predicted molar refractivity (Wildman–Crippen MR) is 76.9 cm³/mol. The molecule has 5 heteroatoms. The molecule has 3 rings (SSSR count). The summed E-state index contributed by atoms with van der Waals surface area (Å²) in [5, 5.41) is 1.40. The molecule has 2 aromatic heterocycles. The van der Waals surface area contributed by atoms with E-state index in [4.69, 9.17) is 17.3 Å². The fraction of sp³-hybridized carbons (Fsp3) is 0.0714. The third kappa shape index (κ3) is 2.00. The number of fused-ring (bicyclic) bond motifs is 1. The Morgan fingerprint density at radius 3 is 2.74 bits per heavy atom. The van der Waals surface area contributed by atoms with Crippen molar-refractivity contribution in [2.75, 3.05) is 5.73 Å². The van der Waals surface area contributed by atoms with E-state index in [9.17, 15) is 0 Å². The molecule has 0 aliphatic carbocycles. The maximum absolute atomic E-state index is 6.17. The standard InChI is InChI=1S/C14H11ClN4/c1-8-4-5-17-6-10(8)9-2-3-12(15)11-7-18-14(16)19-13(9)11/h2-7H,1H3,(H2,16,18,19). The maximum Gasteiger partial charge on any atom is 0.220 e. The van der Waals surface area contributed by atoms with Gasteiger partial charge < -0.3 is 5.73 Å². The second-order valence-corrected chi connectivity index (χ2v) is 4.68. The largest absolute Gasteiger partial charge is 0.368 e. The summed E-state index contributed by atoms with van der Waals surface area (Å²) in [6.45, 7) is 2.03. The molecule has 19 heavy (non-hydrogen) atoms. The van der Waals surface area contributed by atoms with E-state index in [-0.39, 0.29) is 5.95 Å². The number of pyridine rings is 1. The Kier molecular flexibility index (Phi) is 2.80. The average molecular weight is 271 g/mol. The highest BCUT2D eigenvalue weighted by Gasteiger charge is 2.11. The Hall–Kier alpha value is -2.20. The molecule has 2 N–H and O–H groups in total. The Morgan fingerprint density at radius 1 is 1.11 bits per heavy atom. The van der Waals surface area contributed by atoms with Crippen molar-refractivity contribution in [2.45, 2.75) is 6.92 Å². The summed E-state index contributed by atoms with van der Waals surface area (Å²) < 4.78 is 0. The first kappa shape index (κ1) is 11.9. The number of halogens is 1. The van der Waals surface area contributed by atoms with Gasteiger partial charge in [0.2, 0.25) is 5.95 Å². The molecule has 0 spiro atoms. The van der Waals surface area contributed by atoms with E-state index in [0.717, 1.165) is 27.6 Å². The number of nitrogen functional groups attached to an aromatic ring is 1. The van der Waals surface area contributed by atoms with Gasteiger partial charge in [0.1, 0.15) is 0 Å². The van der Waals surface area contributed by atoms with Gasteiger partial charge in [0.25, 0.3) is 0 Å². The lowest BCUT2D eigenvalue weighted by Crippen LogP contribution is -1.96. The second kappa shape index (κ2) is 4.48. The third-order valence-corrected chi connectivity index (χ3v) is 3.37. The summed E-state index contributed by atoms with van der Waals surface area (Å²) in [4.78, 5) is 12.5. The van der Waals surface area contributed by atoms with E-state index in [1.165, 1.54) is 0 Å². The lowest BCUT2D eigenvalue weighted by atomic mass is 10.0. The molecule has 0 aliphatic rings. The molecule has 0 unspecified atom stereocenters. The van der Waals surface area contributed by atoms with Gasteiger partial charge in [-0.05, 0) is 24.6 Å². The van der Waals surface area contributed by atoms with Crippen molar-refractivity contribution in [2.24, 2.45) is 0 Å². The molecule has 94 valence electrons. The normalized spacial score (nSPS) is 10.8. The predicted octanol–water partition coefficient (Wildman–Crippen LogP) is 3.24. The Morgan fingerprint density at radius 2 is 1.95 bits per heavy atom. The van der Waals surface area contributed by atoms with Gasteiger partial charge in [-0.2, -0.15) is 0 Å². The van der Waals surface area contributed by atoms with Gasteiger partial charge in [-0.15, -0.1) is 0 Å². The molecule has 3 aromatic rings. The molecular weight excluding hydrogens is 260 g/mol. The van der Waals surface area contributed by atoms with Crippen LogP contribution in [0.15, 0.2) is 36.8 Å². The average Bonchev–Trinajstić information content (AvgIpc) is 2.40. The van der Waals surface area contributed by atoms with Gasteiger partial charge in [0.15, 0.2) is 0 Å². The fourth-order valence-corrected chi connectivity index (χ4v) is 2.27. The highest BCUT2D eigenvalue weighted by atomic mass is 35.5. The number of aromatic nitrogens is 3. The Labute approximate surface area is 115 Å². The Bertz CT molecular complexity index is 770. The highest BCUT2D eigenvalue weighted by Crippen LogP contribution is 2.32. The Balaban J connectivity index is 2.39. The summed E-state index contributed by atoms with van der Waals surface area (Å²) in [6.07, 6.45) is 5.23. The van der Waals surface area contributed by atoms with Crippen LogP contribution >= 0.6 is 11.6 Å². The first-order valence-electron chi connectivity index (χ1n) is 5.78. The zero-order valence-corrected chi connectivity index (χ0v) is 11.0. The SMILES string of the molecule is Cc1ccncc1-c1ccc(Cl)c2cnc(N)nc12. The molecule has 0 fully saturated rings. The maximum atomic E-state index is 6.17. The quantitative estimate of drug-likeness (QED) is 0.737. The van der Waals surface area contributed by atoms with Crippen LogP contribution in [-0.4, -0.2) is 15.0 Å². The van der Waals surface area contributed by atoms with Crippen LogP contribution in [0.25, 0.3) is 22.0 Å². The van der Waals surface area contributed by atoms with Crippen LogP contribution in [0.2, 0.25) is 5.02 Å². The summed E-state index contributed by atoms with van der Waals surface area (Å²) in [5.41, 5.74) is 9.52. The molecule has 0 radical (unpaired) electrons. The monoisotopic (exact) mass is 270 g/mol. The van der Waals surface area contributed by atoms with Crippen molar-refractivity contribution in [3.05, 3.63) is 47.4 Å². The van der Waals surface area contributed by atoms with Gasteiger partial charge in [0, 0.05) is 35.1 Å². The zero-order chi connectivity index (χ0) is 13.4. The number of aryl methyl sites for hydroxylation is 1. The topological polar surface area (TPSA) is 64.7 Å². The fourth-order valence-electron chi connectivity index (χ4n) is 2.06. The molecule has 0 amide bonds. The van der Waals surface area contributed by atoms with Crippen molar-refractivity contribution < 1.29 is 0 Å². The number of hydrogen-bond acceptors (Lipinski definition) is 4.